The highest BCUT2D eigenvalue weighted by atomic mass is 16.3. The first kappa shape index (κ1) is 16.7. The van der Waals surface area contributed by atoms with Crippen LogP contribution in [0.15, 0.2) is 6.07 Å². The average Bonchev–Trinajstić information content (AvgIpc) is 2.69. The van der Waals surface area contributed by atoms with E-state index >= 15 is 0 Å². The van der Waals surface area contributed by atoms with E-state index in [1.54, 1.807) is 6.07 Å². The van der Waals surface area contributed by atoms with E-state index in [0.29, 0.717) is 11.6 Å². The van der Waals surface area contributed by atoms with Crippen molar-refractivity contribution in [2.45, 2.75) is 59.5 Å². The van der Waals surface area contributed by atoms with Crippen LogP contribution in [0.1, 0.15) is 57.2 Å². The zero-order chi connectivity index (χ0) is 15.5. The van der Waals surface area contributed by atoms with Gasteiger partial charge < -0.3 is 10.4 Å². The van der Waals surface area contributed by atoms with Crippen LogP contribution in [-0.2, 0) is 5.54 Å². The van der Waals surface area contributed by atoms with E-state index in [1.165, 1.54) is 0 Å². The fraction of sp³-hybridized carbons (Fsp3) is 0.733. The first-order chi connectivity index (χ1) is 9.15. The topological polar surface area (TPSA) is 67.2 Å². The quantitative estimate of drug-likeness (QED) is 0.868. The zero-order valence-electron chi connectivity index (χ0n) is 13.4. The van der Waals surface area contributed by atoms with Gasteiger partial charge in [-0.1, -0.05) is 13.8 Å². The standard InChI is InChI=1S/C15H27N3O2/c1-10(2)7-12(9-19)16-14(20)13-8-11(3)18(17-13)15(4,5)6/h8,10,12,19H,7,9H2,1-6H3,(H,16,20). The SMILES string of the molecule is Cc1cc(C(=O)NC(CO)CC(C)C)nn1C(C)(C)C. The Morgan fingerprint density at radius 3 is 2.45 bits per heavy atom. The van der Waals surface area contributed by atoms with Crippen molar-refractivity contribution in [1.82, 2.24) is 15.1 Å². The van der Waals surface area contributed by atoms with E-state index in [0.717, 1.165) is 12.1 Å². The van der Waals surface area contributed by atoms with Crippen LogP contribution in [0.2, 0.25) is 0 Å². The molecule has 1 aromatic rings. The van der Waals surface area contributed by atoms with E-state index in [9.17, 15) is 9.90 Å². The molecule has 1 rings (SSSR count). The number of nitrogens with one attached hydrogen (secondary N) is 1. The smallest absolute Gasteiger partial charge is 0.272 e. The van der Waals surface area contributed by atoms with Crippen LogP contribution in [0.5, 0.6) is 0 Å². The Balaban J connectivity index is 2.83. The van der Waals surface area contributed by atoms with E-state index < -0.39 is 0 Å². The van der Waals surface area contributed by atoms with Gasteiger partial charge in [-0.15, -0.1) is 0 Å². The minimum Gasteiger partial charge on any atom is -0.394 e. The number of carbonyl (C=O) groups excluding carboxylic acids is 1. The molecule has 0 bridgehead atoms. The first-order valence-corrected chi connectivity index (χ1v) is 7.14. The third-order valence-corrected chi connectivity index (χ3v) is 3.07. The van der Waals surface area contributed by atoms with Crippen molar-refractivity contribution in [1.29, 1.82) is 0 Å². The highest BCUT2D eigenvalue weighted by Gasteiger charge is 2.21. The van der Waals surface area contributed by atoms with Gasteiger partial charge in [-0.2, -0.15) is 5.10 Å². The van der Waals surface area contributed by atoms with Crippen LogP contribution in [0.3, 0.4) is 0 Å². The number of nitrogens with zero attached hydrogens (tertiary/aromatic N) is 2. The van der Waals surface area contributed by atoms with Crippen LogP contribution in [0, 0.1) is 12.8 Å². The molecule has 5 heteroatoms. The van der Waals surface area contributed by atoms with Crippen LogP contribution in [-0.4, -0.2) is 33.4 Å². The Morgan fingerprint density at radius 2 is 2.05 bits per heavy atom. The van der Waals surface area contributed by atoms with Gasteiger partial charge in [0, 0.05) is 5.69 Å². The molecule has 114 valence electrons. The molecule has 0 aromatic carbocycles. The van der Waals surface area contributed by atoms with Crippen molar-refractivity contribution in [2.75, 3.05) is 6.61 Å². The molecule has 0 aliphatic carbocycles. The van der Waals surface area contributed by atoms with Gasteiger partial charge in [0.15, 0.2) is 0 Å². The van der Waals surface area contributed by atoms with E-state index in [1.807, 2.05) is 32.4 Å². The predicted octanol–water partition coefficient (Wildman–Crippen LogP) is 2.08. The maximum atomic E-state index is 12.2. The lowest BCUT2D eigenvalue weighted by Gasteiger charge is -2.21. The number of rotatable bonds is 5. The van der Waals surface area contributed by atoms with Gasteiger partial charge in [0.05, 0.1) is 18.2 Å². The molecule has 1 unspecified atom stereocenters. The summed E-state index contributed by atoms with van der Waals surface area (Å²) in [7, 11) is 0. The Bertz CT molecular complexity index is 458. The molecule has 20 heavy (non-hydrogen) atoms. The molecule has 0 saturated heterocycles. The van der Waals surface area contributed by atoms with Crippen molar-refractivity contribution in [3.05, 3.63) is 17.5 Å². The molecule has 0 aliphatic rings. The van der Waals surface area contributed by atoms with Gasteiger partial charge in [-0.3, -0.25) is 9.48 Å². The van der Waals surface area contributed by atoms with Crippen LogP contribution in [0.4, 0.5) is 0 Å². The lowest BCUT2D eigenvalue weighted by molar-refractivity contribution is 0.0901. The summed E-state index contributed by atoms with van der Waals surface area (Å²) in [6, 6.07) is 1.56. The summed E-state index contributed by atoms with van der Waals surface area (Å²) in [5, 5.41) is 16.5. The number of hydrogen-bond acceptors (Lipinski definition) is 3. The molecule has 2 N–H and O–H groups in total. The van der Waals surface area contributed by atoms with Gasteiger partial charge >= 0.3 is 0 Å². The zero-order valence-corrected chi connectivity index (χ0v) is 13.4. The minimum absolute atomic E-state index is 0.0527. The summed E-state index contributed by atoms with van der Waals surface area (Å²) in [5.41, 5.74) is 1.20. The Kier molecular flexibility index (Phi) is 5.34. The molecule has 0 radical (unpaired) electrons. The summed E-state index contributed by atoms with van der Waals surface area (Å²) in [6.07, 6.45) is 0.751. The Hall–Kier alpha value is -1.36. The molecule has 0 spiro atoms. The second-order valence-corrected chi connectivity index (χ2v) is 6.74. The number of aryl methyl sites for hydroxylation is 1. The molecular formula is C15H27N3O2. The second kappa shape index (κ2) is 6.39. The Morgan fingerprint density at radius 1 is 1.45 bits per heavy atom. The van der Waals surface area contributed by atoms with Crippen molar-refractivity contribution in [3.63, 3.8) is 0 Å². The lowest BCUT2D eigenvalue weighted by atomic mass is 10.0. The lowest BCUT2D eigenvalue weighted by Crippen LogP contribution is -2.38. The maximum absolute atomic E-state index is 12.2. The molecule has 1 heterocycles. The predicted molar refractivity (Wildman–Crippen MR) is 79.8 cm³/mol. The second-order valence-electron chi connectivity index (χ2n) is 6.74. The largest absolute Gasteiger partial charge is 0.394 e. The molecule has 1 atom stereocenters. The third-order valence-electron chi connectivity index (χ3n) is 3.07. The number of carbonyl (C=O) groups is 1. The average molecular weight is 281 g/mol. The van der Waals surface area contributed by atoms with E-state index in [2.05, 4.69) is 24.3 Å². The minimum atomic E-state index is -0.226. The van der Waals surface area contributed by atoms with Crippen molar-refractivity contribution in [3.8, 4) is 0 Å². The van der Waals surface area contributed by atoms with E-state index in [4.69, 9.17) is 0 Å². The van der Waals surface area contributed by atoms with Gasteiger partial charge in [0.1, 0.15) is 5.69 Å². The van der Waals surface area contributed by atoms with Gasteiger partial charge in [-0.25, -0.2) is 0 Å². The van der Waals surface area contributed by atoms with Crippen LogP contribution >= 0.6 is 0 Å². The summed E-state index contributed by atoms with van der Waals surface area (Å²) in [6.45, 7) is 12.1. The van der Waals surface area contributed by atoms with Gasteiger partial charge in [-0.05, 0) is 46.1 Å². The highest BCUT2D eigenvalue weighted by molar-refractivity contribution is 5.92. The fourth-order valence-corrected chi connectivity index (χ4v) is 2.27. The van der Waals surface area contributed by atoms with Crippen molar-refractivity contribution in [2.24, 2.45) is 5.92 Å². The number of amides is 1. The van der Waals surface area contributed by atoms with E-state index in [-0.39, 0.29) is 24.1 Å². The number of aromatic nitrogens is 2. The van der Waals surface area contributed by atoms with Crippen LogP contribution < -0.4 is 5.32 Å². The third kappa shape index (κ3) is 4.34. The van der Waals surface area contributed by atoms with Gasteiger partial charge in [0.2, 0.25) is 0 Å². The van der Waals surface area contributed by atoms with Crippen molar-refractivity contribution < 1.29 is 9.90 Å². The normalized spacial score (nSPS) is 13.6. The van der Waals surface area contributed by atoms with Gasteiger partial charge in [0.25, 0.3) is 5.91 Å². The van der Waals surface area contributed by atoms with Crippen LogP contribution in [0.25, 0.3) is 0 Å². The molecule has 0 saturated carbocycles. The Labute approximate surface area is 121 Å². The monoisotopic (exact) mass is 281 g/mol. The van der Waals surface area contributed by atoms with Crippen molar-refractivity contribution >= 4 is 5.91 Å². The fourth-order valence-electron chi connectivity index (χ4n) is 2.27. The molecule has 5 nitrogen and oxygen atoms in total. The molecule has 1 amide bonds. The highest BCUT2D eigenvalue weighted by Crippen LogP contribution is 2.17. The molecule has 1 aromatic heterocycles. The summed E-state index contributed by atoms with van der Waals surface area (Å²) < 4.78 is 1.85. The number of hydrogen-bond donors (Lipinski definition) is 2. The summed E-state index contributed by atoms with van der Waals surface area (Å²) >= 11 is 0. The number of aliphatic hydroxyl groups is 1. The summed E-state index contributed by atoms with van der Waals surface area (Å²) in [4.78, 5) is 12.2. The first-order valence-electron chi connectivity index (χ1n) is 7.14. The number of aliphatic hydroxyl groups excluding tert-OH is 1. The summed E-state index contributed by atoms with van der Waals surface area (Å²) in [5.74, 6) is 0.192. The molecule has 0 aliphatic heterocycles. The maximum Gasteiger partial charge on any atom is 0.272 e. The molecule has 0 fully saturated rings. The molecular weight excluding hydrogens is 254 g/mol.